The fourth-order valence-electron chi connectivity index (χ4n) is 2.53. The lowest BCUT2D eigenvalue weighted by Crippen LogP contribution is -3.26. The lowest BCUT2D eigenvalue weighted by Gasteiger charge is -2.40. The van der Waals surface area contributed by atoms with Gasteiger partial charge >= 0.3 is 17.8 Å². The van der Waals surface area contributed by atoms with Crippen LogP contribution in [0.5, 0.6) is 0 Å². The molecule has 0 aliphatic carbocycles. The van der Waals surface area contributed by atoms with Crippen molar-refractivity contribution in [3.05, 3.63) is 0 Å². The van der Waals surface area contributed by atoms with Crippen molar-refractivity contribution in [2.24, 2.45) is 0 Å². The fourth-order valence-corrected chi connectivity index (χ4v) is 2.53. The summed E-state index contributed by atoms with van der Waals surface area (Å²) >= 11 is 0. The van der Waals surface area contributed by atoms with E-state index in [9.17, 15) is 22.8 Å². The number of likely N-dealkylation sites (tertiary alicyclic amines) is 1. The van der Waals surface area contributed by atoms with E-state index in [-0.39, 0.29) is 24.6 Å². The van der Waals surface area contributed by atoms with Crippen LogP contribution < -0.4 is 10.2 Å². The van der Waals surface area contributed by atoms with Gasteiger partial charge in [-0.15, -0.1) is 0 Å². The Labute approximate surface area is 115 Å². The number of esters is 1. The van der Waals surface area contributed by atoms with Gasteiger partial charge in [-0.2, -0.15) is 13.2 Å². The molecule has 0 saturated carbocycles. The summed E-state index contributed by atoms with van der Waals surface area (Å²) in [7, 11) is 0. The van der Waals surface area contributed by atoms with Gasteiger partial charge in [-0.3, -0.25) is 15.0 Å². The molecule has 0 aromatic heterocycles. The maximum Gasteiger partial charge on any atom is 0.478 e. The largest absolute Gasteiger partial charge is 0.478 e. The molecule has 1 rings (SSSR count). The summed E-state index contributed by atoms with van der Waals surface area (Å²) in [6, 6.07) is 0. The standard InChI is InChI=1S/C12H19F3N2O3/c1-3-20-10(19)11(12(13,14)15,16-9(2)18)17-7-5-4-6-8-17/h3-8H2,1-2H3,(H,16,18)/p+1/t11-/m0/s1. The average molecular weight is 297 g/mol. The Balaban J connectivity index is 3.23. The third-order valence-electron chi connectivity index (χ3n) is 3.36. The number of amides is 1. The number of carbonyl (C=O) groups is 2. The summed E-state index contributed by atoms with van der Waals surface area (Å²) in [5.74, 6) is -2.35. The monoisotopic (exact) mass is 297 g/mol. The highest BCUT2D eigenvalue weighted by atomic mass is 19.4. The Morgan fingerprint density at radius 2 is 1.75 bits per heavy atom. The van der Waals surface area contributed by atoms with Gasteiger partial charge in [0, 0.05) is 6.92 Å². The molecule has 0 spiro atoms. The minimum Gasteiger partial charge on any atom is -0.460 e. The van der Waals surface area contributed by atoms with Crippen LogP contribution in [0.25, 0.3) is 0 Å². The van der Waals surface area contributed by atoms with Crippen molar-refractivity contribution in [3.63, 3.8) is 0 Å². The lowest BCUT2D eigenvalue weighted by molar-refractivity contribution is -0.962. The fraction of sp³-hybridized carbons (Fsp3) is 0.833. The highest BCUT2D eigenvalue weighted by Crippen LogP contribution is 2.28. The molecule has 20 heavy (non-hydrogen) atoms. The van der Waals surface area contributed by atoms with Crippen LogP contribution in [0, 0.1) is 0 Å². The Kier molecular flexibility index (Phi) is 5.38. The van der Waals surface area contributed by atoms with Crippen LogP contribution in [-0.4, -0.2) is 43.4 Å². The zero-order valence-corrected chi connectivity index (χ0v) is 11.6. The van der Waals surface area contributed by atoms with E-state index in [1.807, 2.05) is 5.32 Å². The molecule has 1 fully saturated rings. The Morgan fingerprint density at radius 1 is 1.20 bits per heavy atom. The summed E-state index contributed by atoms with van der Waals surface area (Å²) < 4.78 is 45.3. The van der Waals surface area contributed by atoms with Crippen LogP contribution in [0.15, 0.2) is 0 Å². The second-order valence-corrected chi connectivity index (χ2v) is 4.81. The van der Waals surface area contributed by atoms with Crippen molar-refractivity contribution in [1.29, 1.82) is 0 Å². The number of piperidine rings is 1. The molecule has 1 aliphatic heterocycles. The van der Waals surface area contributed by atoms with Gasteiger partial charge in [0.05, 0.1) is 19.7 Å². The highest BCUT2D eigenvalue weighted by Gasteiger charge is 2.70. The molecule has 1 aliphatic rings. The molecule has 0 unspecified atom stereocenters. The number of nitrogens with one attached hydrogen (secondary N) is 2. The van der Waals surface area contributed by atoms with E-state index >= 15 is 0 Å². The van der Waals surface area contributed by atoms with E-state index in [2.05, 4.69) is 4.74 Å². The van der Waals surface area contributed by atoms with Gasteiger partial charge < -0.3 is 4.74 Å². The maximum atomic E-state index is 13.6. The van der Waals surface area contributed by atoms with E-state index < -0.39 is 23.7 Å². The molecule has 1 saturated heterocycles. The first-order valence-corrected chi connectivity index (χ1v) is 6.63. The predicted molar refractivity (Wildman–Crippen MR) is 63.8 cm³/mol. The summed E-state index contributed by atoms with van der Waals surface area (Å²) in [6.45, 7) is 2.54. The van der Waals surface area contributed by atoms with Crippen LogP contribution in [0.4, 0.5) is 13.2 Å². The summed E-state index contributed by atoms with van der Waals surface area (Å²) in [5.41, 5.74) is -3.00. The minimum absolute atomic E-state index is 0.00935. The third kappa shape index (κ3) is 3.23. The van der Waals surface area contributed by atoms with Crippen molar-refractivity contribution in [2.45, 2.75) is 44.9 Å². The number of carbonyl (C=O) groups excluding carboxylic acids is 2. The minimum atomic E-state index is -4.92. The number of quaternary nitrogens is 1. The number of hydrogen-bond acceptors (Lipinski definition) is 3. The molecule has 8 heteroatoms. The molecule has 1 atom stereocenters. The molecular weight excluding hydrogens is 277 g/mol. The summed E-state index contributed by atoms with van der Waals surface area (Å²) in [6.07, 6.45) is -2.95. The smallest absolute Gasteiger partial charge is 0.460 e. The lowest BCUT2D eigenvalue weighted by atomic mass is 10.0. The Morgan fingerprint density at radius 3 is 2.15 bits per heavy atom. The molecule has 116 valence electrons. The van der Waals surface area contributed by atoms with E-state index in [4.69, 9.17) is 0 Å². The quantitative estimate of drug-likeness (QED) is 0.719. The number of hydrogen-bond donors (Lipinski definition) is 2. The molecule has 0 radical (unpaired) electrons. The zero-order valence-electron chi connectivity index (χ0n) is 11.6. The second kappa shape index (κ2) is 6.43. The second-order valence-electron chi connectivity index (χ2n) is 4.81. The van der Waals surface area contributed by atoms with Gasteiger partial charge in [-0.1, -0.05) is 0 Å². The number of ether oxygens (including phenoxy) is 1. The van der Waals surface area contributed by atoms with E-state index in [0.717, 1.165) is 13.3 Å². The molecule has 0 aromatic rings. The van der Waals surface area contributed by atoms with Gasteiger partial charge in [0.15, 0.2) is 0 Å². The molecule has 2 N–H and O–H groups in total. The first-order valence-electron chi connectivity index (χ1n) is 6.63. The molecule has 1 heterocycles. The zero-order chi connectivity index (χ0) is 15.4. The highest BCUT2D eigenvalue weighted by molar-refractivity contribution is 5.86. The summed E-state index contributed by atoms with van der Waals surface area (Å²) in [5, 5.41) is 1.81. The molecular formula is C12H20F3N2O3+. The predicted octanol–water partition coefficient (Wildman–Crippen LogP) is 0.0130. The molecule has 0 aromatic carbocycles. The summed E-state index contributed by atoms with van der Waals surface area (Å²) in [4.78, 5) is 23.2. The molecule has 1 amide bonds. The Hall–Kier alpha value is -1.31. The van der Waals surface area contributed by atoms with Crippen molar-refractivity contribution in [3.8, 4) is 0 Å². The van der Waals surface area contributed by atoms with E-state index in [1.165, 1.54) is 6.92 Å². The van der Waals surface area contributed by atoms with Crippen LogP contribution in [-0.2, 0) is 14.3 Å². The average Bonchev–Trinajstić information content (AvgIpc) is 2.35. The van der Waals surface area contributed by atoms with Crippen molar-refractivity contribution in [1.82, 2.24) is 5.32 Å². The normalized spacial score (nSPS) is 20.1. The topological polar surface area (TPSA) is 59.8 Å². The van der Waals surface area contributed by atoms with E-state index in [0.29, 0.717) is 12.8 Å². The maximum absolute atomic E-state index is 13.6. The van der Waals surface area contributed by atoms with Crippen molar-refractivity contribution >= 4 is 11.9 Å². The van der Waals surface area contributed by atoms with Gasteiger partial charge in [0.2, 0.25) is 5.91 Å². The van der Waals surface area contributed by atoms with E-state index in [1.54, 1.807) is 0 Å². The molecule has 5 nitrogen and oxygen atoms in total. The first kappa shape index (κ1) is 16.7. The van der Waals surface area contributed by atoms with Crippen LogP contribution in [0.3, 0.4) is 0 Å². The number of alkyl halides is 3. The van der Waals surface area contributed by atoms with Crippen molar-refractivity contribution in [2.75, 3.05) is 19.7 Å². The van der Waals surface area contributed by atoms with Gasteiger partial charge in [-0.05, 0) is 26.2 Å². The SMILES string of the molecule is CCOC(=O)[C@](NC(C)=O)([NH+]1CCCCC1)C(F)(F)F. The van der Waals surface area contributed by atoms with Gasteiger partial charge in [0.25, 0.3) is 0 Å². The molecule has 0 bridgehead atoms. The third-order valence-corrected chi connectivity index (χ3v) is 3.36. The van der Waals surface area contributed by atoms with Gasteiger partial charge in [0.1, 0.15) is 0 Å². The number of rotatable bonds is 4. The van der Waals surface area contributed by atoms with Gasteiger partial charge in [-0.25, -0.2) is 4.79 Å². The van der Waals surface area contributed by atoms with Crippen LogP contribution >= 0.6 is 0 Å². The first-order chi connectivity index (χ1) is 9.25. The van der Waals surface area contributed by atoms with Crippen LogP contribution in [0.2, 0.25) is 0 Å². The van der Waals surface area contributed by atoms with Crippen LogP contribution in [0.1, 0.15) is 33.1 Å². The number of halogens is 3. The Bertz CT molecular complexity index is 367. The van der Waals surface area contributed by atoms with Crippen molar-refractivity contribution < 1.29 is 32.4 Å².